The molecule has 0 aliphatic carbocycles. The minimum Gasteiger partial charge on any atom is -0.383 e. The molecule has 0 unspecified atom stereocenters. The number of benzene rings is 1. The third-order valence-corrected chi connectivity index (χ3v) is 2.97. The van der Waals surface area contributed by atoms with Crippen molar-refractivity contribution >= 4 is 17.4 Å². The van der Waals surface area contributed by atoms with E-state index in [4.69, 9.17) is 4.74 Å². The van der Waals surface area contributed by atoms with E-state index in [-0.39, 0.29) is 11.6 Å². The molecular formula is C15H15F3N4O2. The number of halogens is 3. The van der Waals surface area contributed by atoms with Crippen molar-refractivity contribution < 1.29 is 22.7 Å². The van der Waals surface area contributed by atoms with Crippen molar-refractivity contribution in [3.63, 3.8) is 0 Å². The molecule has 9 heteroatoms. The van der Waals surface area contributed by atoms with Crippen LogP contribution < -0.4 is 10.6 Å². The summed E-state index contributed by atoms with van der Waals surface area (Å²) in [6.07, 6.45) is -4.38. The van der Waals surface area contributed by atoms with Crippen molar-refractivity contribution in [3.05, 3.63) is 47.7 Å². The summed E-state index contributed by atoms with van der Waals surface area (Å²) in [5.74, 6) is -0.0798. The number of hydrogen-bond acceptors (Lipinski definition) is 5. The number of hydrogen-bond donors (Lipinski definition) is 2. The maximum absolute atomic E-state index is 12.5. The molecule has 1 aromatic heterocycles. The van der Waals surface area contributed by atoms with Crippen LogP contribution >= 0.6 is 0 Å². The summed E-state index contributed by atoms with van der Waals surface area (Å²) < 4.78 is 42.3. The quantitative estimate of drug-likeness (QED) is 0.791. The van der Waals surface area contributed by atoms with Gasteiger partial charge in [0.1, 0.15) is 0 Å². The van der Waals surface area contributed by atoms with Crippen LogP contribution in [0.1, 0.15) is 16.1 Å². The van der Waals surface area contributed by atoms with E-state index in [1.165, 1.54) is 31.4 Å². The number of aromatic nitrogens is 2. The molecule has 0 atom stereocenters. The highest BCUT2D eigenvalue weighted by Crippen LogP contribution is 2.30. The van der Waals surface area contributed by atoms with E-state index in [0.717, 1.165) is 12.1 Å². The van der Waals surface area contributed by atoms with E-state index in [9.17, 15) is 18.0 Å². The average Bonchev–Trinajstić information content (AvgIpc) is 2.55. The fourth-order valence-electron chi connectivity index (χ4n) is 1.77. The topological polar surface area (TPSA) is 76.1 Å². The van der Waals surface area contributed by atoms with Gasteiger partial charge in [-0.2, -0.15) is 13.2 Å². The van der Waals surface area contributed by atoms with Gasteiger partial charge < -0.3 is 15.4 Å². The Labute approximate surface area is 136 Å². The van der Waals surface area contributed by atoms with Crippen molar-refractivity contribution in [1.82, 2.24) is 15.5 Å². The van der Waals surface area contributed by atoms with Crippen LogP contribution in [0.3, 0.4) is 0 Å². The van der Waals surface area contributed by atoms with Crippen LogP contribution in [-0.2, 0) is 10.9 Å². The molecule has 24 heavy (non-hydrogen) atoms. The summed E-state index contributed by atoms with van der Waals surface area (Å²) in [5, 5.41) is 13.0. The standard InChI is InChI=1S/C15H15F3N4O2/c1-24-9-8-19-14(23)12-6-7-13(22-21-12)20-11-4-2-10(3-5-11)15(16,17)18/h2-7H,8-9H2,1H3,(H,19,23)(H,20,22). The minimum atomic E-state index is -4.38. The fraction of sp³-hybridized carbons (Fsp3) is 0.267. The lowest BCUT2D eigenvalue weighted by Crippen LogP contribution is -2.27. The lowest BCUT2D eigenvalue weighted by Gasteiger charge is -2.09. The highest BCUT2D eigenvalue weighted by atomic mass is 19.4. The summed E-state index contributed by atoms with van der Waals surface area (Å²) in [6.45, 7) is 0.731. The first kappa shape index (κ1) is 17.7. The fourth-order valence-corrected chi connectivity index (χ4v) is 1.77. The predicted octanol–water partition coefficient (Wildman–Crippen LogP) is 2.62. The summed E-state index contributed by atoms with van der Waals surface area (Å²) in [5.41, 5.74) is -0.180. The Morgan fingerprint density at radius 1 is 1.12 bits per heavy atom. The molecule has 1 amide bonds. The summed E-state index contributed by atoms with van der Waals surface area (Å²) in [6, 6.07) is 7.48. The van der Waals surface area contributed by atoms with E-state index < -0.39 is 11.7 Å². The van der Waals surface area contributed by atoms with Gasteiger partial charge in [-0.25, -0.2) is 0 Å². The Bertz CT molecular complexity index is 673. The normalized spacial score (nSPS) is 11.2. The Balaban J connectivity index is 1.97. The summed E-state index contributed by atoms with van der Waals surface area (Å²) in [4.78, 5) is 11.7. The third kappa shape index (κ3) is 4.92. The molecule has 0 saturated heterocycles. The van der Waals surface area contributed by atoms with Crippen molar-refractivity contribution in [3.8, 4) is 0 Å². The lowest BCUT2D eigenvalue weighted by atomic mass is 10.2. The first-order chi connectivity index (χ1) is 11.4. The van der Waals surface area contributed by atoms with Gasteiger partial charge in [0.2, 0.25) is 0 Å². The van der Waals surface area contributed by atoms with Gasteiger partial charge in [0, 0.05) is 19.3 Å². The van der Waals surface area contributed by atoms with Crippen LogP contribution in [0.15, 0.2) is 36.4 Å². The zero-order valence-corrected chi connectivity index (χ0v) is 12.7. The molecule has 0 saturated carbocycles. The number of ether oxygens (including phenoxy) is 1. The largest absolute Gasteiger partial charge is 0.416 e. The Hall–Kier alpha value is -2.68. The number of amides is 1. The maximum atomic E-state index is 12.5. The summed E-state index contributed by atoms with van der Waals surface area (Å²) in [7, 11) is 1.52. The molecule has 0 spiro atoms. The van der Waals surface area contributed by atoms with Gasteiger partial charge in [-0.3, -0.25) is 4.79 Å². The number of methoxy groups -OCH3 is 1. The molecule has 2 aromatic rings. The maximum Gasteiger partial charge on any atom is 0.416 e. The Kier molecular flexibility index (Phi) is 5.69. The number of anilines is 2. The second kappa shape index (κ2) is 7.73. The lowest BCUT2D eigenvalue weighted by molar-refractivity contribution is -0.137. The third-order valence-electron chi connectivity index (χ3n) is 2.97. The second-order valence-electron chi connectivity index (χ2n) is 4.75. The molecule has 1 heterocycles. The molecular weight excluding hydrogens is 325 g/mol. The van der Waals surface area contributed by atoms with Gasteiger partial charge in [0.15, 0.2) is 11.5 Å². The molecule has 2 rings (SSSR count). The van der Waals surface area contributed by atoms with Crippen LogP contribution in [0.25, 0.3) is 0 Å². The van der Waals surface area contributed by atoms with Gasteiger partial charge in [-0.15, -0.1) is 10.2 Å². The van der Waals surface area contributed by atoms with E-state index in [1.54, 1.807) is 0 Å². The number of alkyl halides is 3. The van der Waals surface area contributed by atoms with Crippen LogP contribution in [0.2, 0.25) is 0 Å². The summed E-state index contributed by atoms with van der Waals surface area (Å²) >= 11 is 0. The number of nitrogens with zero attached hydrogens (tertiary/aromatic N) is 2. The smallest absolute Gasteiger partial charge is 0.383 e. The number of rotatable bonds is 6. The molecule has 2 N–H and O–H groups in total. The molecule has 6 nitrogen and oxygen atoms in total. The van der Waals surface area contributed by atoms with E-state index in [0.29, 0.717) is 24.7 Å². The monoisotopic (exact) mass is 340 g/mol. The van der Waals surface area contributed by atoms with Crippen molar-refractivity contribution in [2.45, 2.75) is 6.18 Å². The van der Waals surface area contributed by atoms with Gasteiger partial charge in [-0.05, 0) is 36.4 Å². The Morgan fingerprint density at radius 2 is 1.83 bits per heavy atom. The van der Waals surface area contributed by atoms with E-state index in [2.05, 4.69) is 20.8 Å². The first-order valence-electron chi connectivity index (χ1n) is 6.95. The van der Waals surface area contributed by atoms with Gasteiger partial charge in [-0.1, -0.05) is 0 Å². The zero-order valence-electron chi connectivity index (χ0n) is 12.7. The first-order valence-corrected chi connectivity index (χ1v) is 6.95. The second-order valence-corrected chi connectivity index (χ2v) is 4.75. The Morgan fingerprint density at radius 3 is 2.38 bits per heavy atom. The number of carbonyl (C=O) groups is 1. The van der Waals surface area contributed by atoms with Gasteiger partial charge >= 0.3 is 6.18 Å². The highest BCUT2D eigenvalue weighted by Gasteiger charge is 2.29. The van der Waals surface area contributed by atoms with E-state index >= 15 is 0 Å². The number of nitrogens with one attached hydrogen (secondary N) is 2. The van der Waals surface area contributed by atoms with Crippen LogP contribution in [0.4, 0.5) is 24.7 Å². The molecule has 1 aromatic carbocycles. The van der Waals surface area contributed by atoms with Gasteiger partial charge in [0.05, 0.1) is 12.2 Å². The minimum absolute atomic E-state index is 0.129. The van der Waals surface area contributed by atoms with Crippen molar-refractivity contribution in [2.75, 3.05) is 25.6 Å². The average molecular weight is 340 g/mol. The van der Waals surface area contributed by atoms with Gasteiger partial charge in [0.25, 0.3) is 5.91 Å². The molecule has 0 aliphatic rings. The SMILES string of the molecule is COCCNC(=O)c1ccc(Nc2ccc(C(F)(F)F)cc2)nn1. The molecule has 0 aliphatic heterocycles. The van der Waals surface area contributed by atoms with Crippen molar-refractivity contribution in [1.29, 1.82) is 0 Å². The number of carbonyl (C=O) groups excluding carboxylic acids is 1. The molecule has 0 fully saturated rings. The van der Waals surface area contributed by atoms with E-state index in [1.807, 2.05) is 0 Å². The predicted molar refractivity (Wildman–Crippen MR) is 81.0 cm³/mol. The van der Waals surface area contributed by atoms with Crippen LogP contribution in [0, 0.1) is 0 Å². The van der Waals surface area contributed by atoms with Crippen molar-refractivity contribution in [2.24, 2.45) is 0 Å². The van der Waals surface area contributed by atoms with Crippen LogP contribution in [-0.4, -0.2) is 36.4 Å². The zero-order chi connectivity index (χ0) is 17.6. The van der Waals surface area contributed by atoms with Crippen LogP contribution in [0.5, 0.6) is 0 Å². The molecule has 0 radical (unpaired) electrons. The molecule has 0 bridgehead atoms. The highest BCUT2D eigenvalue weighted by molar-refractivity contribution is 5.92. The molecule has 128 valence electrons.